The number of carbonyl (C=O) groups excluding carboxylic acids is 1. The monoisotopic (exact) mass is 443 g/mol. The number of anilines is 2. The molecule has 4 heterocycles. The highest BCUT2D eigenvalue weighted by molar-refractivity contribution is 5.92. The molecule has 0 radical (unpaired) electrons. The quantitative estimate of drug-likeness (QED) is 0.504. The number of amides is 1. The Kier molecular flexibility index (Phi) is 5.52. The van der Waals surface area contributed by atoms with E-state index >= 15 is 0 Å². The van der Waals surface area contributed by atoms with Crippen molar-refractivity contribution in [2.45, 2.75) is 26.4 Å². The maximum absolute atomic E-state index is 13.8. The first-order chi connectivity index (χ1) is 16.1. The van der Waals surface area contributed by atoms with Crippen LogP contribution in [0.25, 0.3) is 11.4 Å². The zero-order valence-electron chi connectivity index (χ0n) is 18.1. The molecule has 5 rings (SSSR count). The number of nitrogens with one attached hydrogen (secondary N) is 1. The van der Waals surface area contributed by atoms with Gasteiger partial charge in [-0.15, -0.1) is 0 Å². The van der Waals surface area contributed by atoms with E-state index < -0.39 is 0 Å². The highest BCUT2D eigenvalue weighted by Crippen LogP contribution is 2.30. The second kappa shape index (κ2) is 8.78. The molecule has 0 fully saturated rings. The minimum absolute atomic E-state index is 0.0898. The number of nitrogens with zero attached hydrogens (tertiary/aromatic N) is 6. The fourth-order valence-electron chi connectivity index (χ4n) is 3.93. The Bertz CT molecular complexity index is 1310. The molecule has 1 aromatic carbocycles. The summed E-state index contributed by atoms with van der Waals surface area (Å²) in [6, 6.07) is 9.92. The van der Waals surface area contributed by atoms with Crippen molar-refractivity contribution in [3.05, 3.63) is 84.1 Å². The minimum atomic E-state index is -0.347. The molecule has 0 aliphatic carbocycles. The normalized spacial score (nSPS) is 13.0. The fourth-order valence-corrected chi connectivity index (χ4v) is 3.93. The summed E-state index contributed by atoms with van der Waals surface area (Å²) < 4.78 is 15.6. The van der Waals surface area contributed by atoms with Crippen LogP contribution in [-0.4, -0.2) is 41.9 Å². The van der Waals surface area contributed by atoms with E-state index in [1.165, 1.54) is 12.1 Å². The van der Waals surface area contributed by atoms with E-state index in [0.29, 0.717) is 49.1 Å². The van der Waals surface area contributed by atoms with Gasteiger partial charge in [0, 0.05) is 48.7 Å². The number of halogens is 1. The van der Waals surface area contributed by atoms with E-state index in [4.69, 9.17) is 9.97 Å². The van der Waals surface area contributed by atoms with Gasteiger partial charge in [-0.25, -0.2) is 19.3 Å². The molecule has 0 atom stereocenters. The largest absolute Gasteiger partial charge is 0.340 e. The topological polar surface area (TPSA) is 88.8 Å². The molecular weight excluding hydrogens is 421 g/mol. The summed E-state index contributed by atoms with van der Waals surface area (Å²) in [5.74, 6) is 0.642. The van der Waals surface area contributed by atoms with E-state index in [1.54, 1.807) is 42.0 Å². The maximum Gasteiger partial charge on any atom is 0.272 e. The fraction of sp³-hybridized carbons (Fsp3) is 0.208. The summed E-state index contributed by atoms with van der Waals surface area (Å²) in [6.45, 7) is 3.51. The van der Waals surface area contributed by atoms with Crippen molar-refractivity contribution in [3.8, 4) is 11.4 Å². The molecular formula is C24H22FN7O. The van der Waals surface area contributed by atoms with Gasteiger partial charge in [0.2, 0.25) is 0 Å². The molecule has 0 saturated heterocycles. The third-order valence-electron chi connectivity index (χ3n) is 5.63. The Morgan fingerprint density at radius 3 is 2.85 bits per heavy atom. The first-order valence-corrected chi connectivity index (χ1v) is 10.7. The number of carbonyl (C=O) groups is 1. The standard InChI is InChI=1S/C24H22FN7O/c1-2-31-15-27-13-21(31)24(33)32-10-8-20-19(14-32)23(28-18-7-3-6-17(25)11-18)30-22(29-20)16-5-4-9-26-12-16/h3-7,9,11-13,15H,2,8,10,14H2,1H3,(H,28,29,30). The molecule has 8 nitrogen and oxygen atoms in total. The van der Waals surface area contributed by atoms with Crippen molar-refractivity contribution in [2.75, 3.05) is 11.9 Å². The number of imidazole rings is 1. The van der Waals surface area contributed by atoms with Gasteiger partial charge in [-0.05, 0) is 37.3 Å². The first-order valence-electron chi connectivity index (χ1n) is 10.7. The second-order valence-corrected chi connectivity index (χ2v) is 7.74. The number of benzene rings is 1. The van der Waals surface area contributed by atoms with E-state index in [-0.39, 0.29) is 11.7 Å². The van der Waals surface area contributed by atoms with E-state index in [1.807, 2.05) is 23.6 Å². The van der Waals surface area contributed by atoms with Crippen LogP contribution in [0.3, 0.4) is 0 Å². The van der Waals surface area contributed by atoms with Gasteiger partial charge in [0.1, 0.15) is 17.3 Å². The van der Waals surface area contributed by atoms with Crippen LogP contribution in [0.5, 0.6) is 0 Å². The lowest BCUT2D eigenvalue weighted by Crippen LogP contribution is -2.38. The summed E-state index contributed by atoms with van der Waals surface area (Å²) in [5, 5.41) is 3.23. The average molecular weight is 443 g/mol. The van der Waals surface area contributed by atoms with Gasteiger partial charge in [-0.2, -0.15) is 0 Å². The van der Waals surface area contributed by atoms with Crippen LogP contribution < -0.4 is 5.32 Å². The maximum atomic E-state index is 13.8. The predicted molar refractivity (Wildman–Crippen MR) is 121 cm³/mol. The van der Waals surface area contributed by atoms with Crippen LogP contribution in [-0.2, 0) is 19.5 Å². The molecule has 0 saturated carbocycles. The van der Waals surface area contributed by atoms with E-state index in [0.717, 1.165) is 16.8 Å². The van der Waals surface area contributed by atoms with Gasteiger partial charge in [0.05, 0.1) is 24.8 Å². The van der Waals surface area contributed by atoms with Gasteiger partial charge in [-0.1, -0.05) is 6.07 Å². The zero-order valence-corrected chi connectivity index (χ0v) is 18.1. The molecule has 3 aromatic heterocycles. The van der Waals surface area contributed by atoms with Crippen molar-refractivity contribution in [2.24, 2.45) is 0 Å². The molecule has 1 aliphatic heterocycles. The lowest BCUT2D eigenvalue weighted by Gasteiger charge is -2.30. The van der Waals surface area contributed by atoms with E-state index in [9.17, 15) is 9.18 Å². The highest BCUT2D eigenvalue weighted by Gasteiger charge is 2.28. The number of aromatic nitrogens is 5. The number of hydrogen-bond donors (Lipinski definition) is 1. The van der Waals surface area contributed by atoms with Gasteiger partial charge in [0.25, 0.3) is 5.91 Å². The molecule has 1 amide bonds. The Labute approximate surface area is 190 Å². The smallest absolute Gasteiger partial charge is 0.272 e. The third kappa shape index (κ3) is 4.17. The van der Waals surface area contributed by atoms with Crippen molar-refractivity contribution in [3.63, 3.8) is 0 Å². The van der Waals surface area contributed by atoms with Crippen molar-refractivity contribution in [1.29, 1.82) is 0 Å². The second-order valence-electron chi connectivity index (χ2n) is 7.74. The summed E-state index contributed by atoms with van der Waals surface area (Å²) in [6.07, 6.45) is 7.23. The van der Waals surface area contributed by atoms with Crippen LogP contribution in [0.2, 0.25) is 0 Å². The lowest BCUT2D eigenvalue weighted by atomic mass is 10.0. The number of aryl methyl sites for hydroxylation is 1. The van der Waals surface area contributed by atoms with Gasteiger partial charge < -0.3 is 14.8 Å². The van der Waals surface area contributed by atoms with Crippen LogP contribution in [0.1, 0.15) is 28.7 Å². The summed E-state index contributed by atoms with van der Waals surface area (Å²) >= 11 is 0. The highest BCUT2D eigenvalue weighted by atomic mass is 19.1. The molecule has 1 aliphatic rings. The van der Waals surface area contributed by atoms with Crippen LogP contribution >= 0.6 is 0 Å². The SMILES string of the molecule is CCn1cncc1C(=O)N1CCc2nc(-c3cccnc3)nc(Nc3cccc(F)c3)c2C1. The van der Waals surface area contributed by atoms with E-state index in [2.05, 4.69) is 15.3 Å². The lowest BCUT2D eigenvalue weighted by molar-refractivity contribution is 0.0723. The Balaban J connectivity index is 1.53. The third-order valence-corrected chi connectivity index (χ3v) is 5.63. The number of rotatable bonds is 5. The molecule has 0 bridgehead atoms. The van der Waals surface area contributed by atoms with Crippen molar-refractivity contribution < 1.29 is 9.18 Å². The van der Waals surface area contributed by atoms with Gasteiger partial charge >= 0.3 is 0 Å². The summed E-state index contributed by atoms with van der Waals surface area (Å²) in [4.78, 5) is 32.8. The molecule has 33 heavy (non-hydrogen) atoms. The molecule has 0 unspecified atom stereocenters. The molecule has 9 heteroatoms. The van der Waals surface area contributed by atoms with Gasteiger partial charge in [0.15, 0.2) is 5.82 Å². The Morgan fingerprint density at radius 2 is 2.06 bits per heavy atom. The number of hydrogen-bond acceptors (Lipinski definition) is 6. The van der Waals surface area contributed by atoms with Crippen molar-refractivity contribution in [1.82, 2.24) is 29.4 Å². The molecule has 4 aromatic rings. The minimum Gasteiger partial charge on any atom is -0.340 e. The van der Waals surface area contributed by atoms with Crippen LogP contribution in [0.4, 0.5) is 15.9 Å². The average Bonchev–Trinajstić information content (AvgIpc) is 3.33. The molecule has 1 N–H and O–H groups in total. The first kappa shape index (κ1) is 20.7. The van der Waals surface area contributed by atoms with Crippen LogP contribution in [0, 0.1) is 5.82 Å². The molecule has 166 valence electrons. The van der Waals surface area contributed by atoms with Gasteiger partial charge in [-0.3, -0.25) is 9.78 Å². The Morgan fingerprint density at radius 1 is 1.15 bits per heavy atom. The number of fused-ring (bicyclic) bond motifs is 1. The van der Waals surface area contributed by atoms with Crippen LogP contribution in [0.15, 0.2) is 61.3 Å². The van der Waals surface area contributed by atoms with Crippen molar-refractivity contribution >= 4 is 17.4 Å². The molecule has 0 spiro atoms. The summed E-state index contributed by atoms with van der Waals surface area (Å²) in [5.41, 5.74) is 3.58. The Hall–Kier alpha value is -4.14. The zero-order chi connectivity index (χ0) is 22.8. The number of pyridine rings is 1. The predicted octanol–water partition coefficient (Wildman–Crippen LogP) is 3.84. The summed E-state index contributed by atoms with van der Waals surface area (Å²) in [7, 11) is 0.